The molecular formula is C21H19BrN2O4. The second-order valence-corrected chi connectivity index (χ2v) is 6.77. The van der Waals surface area contributed by atoms with Gasteiger partial charge in [-0.25, -0.2) is 9.59 Å². The van der Waals surface area contributed by atoms with Crippen LogP contribution in [-0.4, -0.2) is 30.1 Å². The van der Waals surface area contributed by atoms with Gasteiger partial charge in [0.2, 0.25) is 0 Å². The van der Waals surface area contributed by atoms with Gasteiger partial charge in [0.1, 0.15) is 5.56 Å². The zero-order valence-corrected chi connectivity index (χ0v) is 17.1. The first-order valence-electron chi connectivity index (χ1n) is 8.83. The molecule has 0 amide bonds. The average Bonchev–Trinajstić information content (AvgIpc) is 2.70. The molecule has 6 nitrogen and oxygen atoms in total. The average molecular weight is 443 g/mol. The minimum Gasteiger partial charge on any atom is -0.462 e. The number of carbonyl (C=O) groups is 2. The summed E-state index contributed by atoms with van der Waals surface area (Å²) in [5.41, 5.74) is 2.62. The van der Waals surface area contributed by atoms with Gasteiger partial charge in [-0.05, 0) is 56.3 Å². The fourth-order valence-electron chi connectivity index (χ4n) is 2.71. The molecule has 0 aliphatic carbocycles. The molecule has 28 heavy (non-hydrogen) atoms. The fourth-order valence-corrected chi connectivity index (χ4v) is 2.97. The van der Waals surface area contributed by atoms with Crippen LogP contribution in [-0.2, 0) is 9.47 Å². The van der Waals surface area contributed by atoms with Gasteiger partial charge >= 0.3 is 11.9 Å². The third kappa shape index (κ3) is 4.31. The Labute approximate surface area is 171 Å². The van der Waals surface area contributed by atoms with E-state index < -0.39 is 11.9 Å². The van der Waals surface area contributed by atoms with Crippen LogP contribution in [0.25, 0.3) is 10.9 Å². The van der Waals surface area contributed by atoms with E-state index in [1.165, 1.54) is 6.20 Å². The highest BCUT2D eigenvalue weighted by molar-refractivity contribution is 9.10. The van der Waals surface area contributed by atoms with Gasteiger partial charge in [-0.3, -0.25) is 4.98 Å². The maximum atomic E-state index is 12.5. The van der Waals surface area contributed by atoms with E-state index in [0.717, 1.165) is 10.2 Å². The Kier molecular flexibility index (Phi) is 6.26. The molecule has 2 aromatic carbocycles. The number of carbonyl (C=O) groups excluding carboxylic acids is 2. The molecule has 3 aromatic rings. The van der Waals surface area contributed by atoms with E-state index in [1.54, 1.807) is 32.0 Å². The molecule has 0 saturated heterocycles. The topological polar surface area (TPSA) is 77.5 Å². The van der Waals surface area contributed by atoms with E-state index in [0.29, 0.717) is 27.7 Å². The van der Waals surface area contributed by atoms with Crippen LogP contribution in [0.5, 0.6) is 0 Å². The third-order valence-corrected chi connectivity index (χ3v) is 4.52. The molecular weight excluding hydrogens is 424 g/mol. The molecule has 0 atom stereocenters. The summed E-state index contributed by atoms with van der Waals surface area (Å²) in [6, 6.07) is 12.6. The van der Waals surface area contributed by atoms with Crippen LogP contribution in [0.15, 0.2) is 53.1 Å². The molecule has 3 rings (SSSR count). The highest BCUT2D eigenvalue weighted by Crippen LogP contribution is 2.31. The first-order chi connectivity index (χ1) is 13.5. The minimum absolute atomic E-state index is 0.247. The number of anilines is 2. The van der Waals surface area contributed by atoms with E-state index in [9.17, 15) is 9.59 Å². The lowest BCUT2D eigenvalue weighted by atomic mass is 10.1. The number of esters is 2. The van der Waals surface area contributed by atoms with Crippen LogP contribution < -0.4 is 5.32 Å². The van der Waals surface area contributed by atoms with Gasteiger partial charge in [0.05, 0.1) is 30.0 Å². The number of rotatable bonds is 6. The van der Waals surface area contributed by atoms with Crippen molar-refractivity contribution in [2.24, 2.45) is 0 Å². The smallest absolute Gasteiger partial charge is 0.341 e. The highest BCUT2D eigenvalue weighted by Gasteiger charge is 2.18. The first-order valence-corrected chi connectivity index (χ1v) is 9.62. The summed E-state index contributed by atoms with van der Waals surface area (Å²) in [6.07, 6.45) is 1.48. The van der Waals surface area contributed by atoms with Crippen LogP contribution in [0.4, 0.5) is 11.4 Å². The first kappa shape index (κ1) is 19.8. The maximum absolute atomic E-state index is 12.5. The van der Waals surface area contributed by atoms with Crippen molar-refractivity contribution >= 4 is 50.1 Å². The van der Waals surface area contributed by atoms with Gasteiger partial charge in [-0.1, -0.05) is 15.9 Å². The summed E-state index contributed by atoms with van der Waals surface area (Å²) in [6.45, 7) is 4.02. The molecule has 1 N–H and O–H groups in total. The standard InChI is InChI=1S/C21H19BrN2O4/c1-3-27-20(25)13-5-10-18-16(11-13)19(17(12-23-18)21(26)28-4-2)24-15-8-6-14(22)7-9-15/h5-12H,3-4H2,1-2H3,(H,23,24). The largest absolute Gasteiger partial charge is 0.462 e. The van der Waals surface area contributed by atoms with E-state index in [1.807, 2.05) is 24.3 Å². The van der Waals surface area contributed by atoms with Crippen LogP contribution in [0.3, 0.4) is 0 Å². The Bertz CT molecular complexity index is 1010. The zero-order valence-electron chi connectivity index (χ0n) is 15.5. The quantitative estimate of drug-likeness (QED) is 0.535. The molecule has 0 fully saturated rings. The lowest BCUT2D eigenvalue weighted by molar-refractivity contribution is 0.0518. The number of nitrogens with one attached hydrogen (secondary N) is 1. The number of pyridine rings is 1. The molecule has 1 aromatic heterocycles. The Hall–Kier alpha value is -2.93. The molecule has 0 radical (unpaired) electrons. The van der Waals surface area contributed by atoms with Crippen molar-refractivity contribution in [2.45, 2.75) is 13.8 Å². The van der Waals surface area contributed by atoms with Crippen molar-refractivity contribution in [3.8, 4) is 0 Å². The molecule has 0 bridgehead atoms. The molecule has 0 aliphatic heterocycles. The van der Waals surface area contributed by atoms with Crippen molar-refractivity contribution in [1.82, 2.24) is 4.98 Å². The van der Waals surface area contributed by atoms with Crippen molar-refractivity contribution in [3.63, 3.8) is 0 Å². The van der Waals surface area contributed by atoms with Crippen molar-refractivity contribution < 1.29 is 19.1 Å². The third-order valence-electron chi connectivity index (χ3n) is 3.99. The van der Waals surface area contributed by atoms with Gasteiger partial charge in [0, 0.05) is 21.7 Å². The van der Waals surface area contributed by atoms with Gasteiger partial charge in [0.25, 0.3) is 0 Å². The summed E-state index contributed by atoms with van der Waals surface area (Å²) in [7, 11) is 0. The number of halogens is 1. The lowest BCUT2D eigenvalue weighted by Crippen LogP contribution is -2.10. The van der Waals surface area contributed by atoms with Crippen LogP contribution in [0.1, 0.15) is 34.6 Å². The van der Waals surface area contributed by atoms with E-state index in [4.69, 9.17) is 9.47 Å². The van der Waals surface area contributed by atoms with Crippen LogP contribution in [0.2, 0.25) is 0 Å². The number of aromatic nitrogens is 1. The van der Waals surface area contributed by atoms with E-state index in [2.05, 4.69) is 26.2 Å². The van der Waals surface area contributed by atoms with Gasteiger partial charge in [0.15, 0.2) is 0 Å². The predicted octanol–water partition coefficient (Wildman–Crippen LogP) is 5.09. The number of hydrogen-bond acceptors (Lipinski definition) is 6. The Morgan fingerprint density at radius 2 is 1.68 bits per heavy atom. The second-order valence-electron chi connectivity index (χ2n) is 5.85. The molecule has 7 heteroatoms. The molecule has 0 unspecified atom stereocenters. The van der Waals surface area contributed by atoms with Crippen LogP contribution >= 0.6 is 15.9 Å². The number of ether oxygens (including phenoxy) is 2. The number of nitrogens with zero attached hydrogens (tertiary/aromatic N) is 1. The number of fused-ring (bicyclic) bond motifs is 1. The summed E-state index contributed by atoms with van der Waals surface area (Å²) in [5, 5.41) is 3.89. The van der Waals surface area contributed by atoms with Crippen molar-refractivity contribution in [2.75, 3.05) is 18.5 Å². The summed E-state index contributed by atoms with van der Waals surface area (Å²) < 4.78 is 11.2. The number of hydrogen-bond donors (Lipinski definition) is 1. The lowest BCUT2D eigenvalue weighted by Gasteiger charge is -2.15. The monoisotopic (exact) mass is 442 g/mol. The summed E-state index contributed by atoms with van der Waals surface area (Å²) >= 11 is 3.41. The second kappa shape index (κ2) is 8.84. The minimum atomic E-state index is -0.488. The highest BCUT2D eigenvalue weighted by atomic mass is 79.9. The van der Waals surface area contributed by atoms with E-state index in [-0.39, 0.29) is 13.2 Å². The fraction of sp³-hybridized carbons (Fsp3) is 0.190. The Morgan fingerprint density at radius 3 is 2.36 bits per heavy atom. The molecule has 0 aliphatic rings. The molecule has 0 spiro atoms. The summed E-state index contributed by atoms with van der Waals surface area (Å²) in [4.78, 5) is 29.0. The molecule has 1 heterocycles. The Balaban J connectivity index is 2.16. The van der Waals surface area contributed by atoms with E-state index >= 15 is 0 Å². The normalized spacial score (nSPS) is 10.5. The van der Waals surface area contributed by atoms with Gasteiger partial charge < -0.3 is 14.8 Å². The molecule has 0 saturated carbocycles. The maximum Gasteiger partial charge on any atom is 0.341 e. The Morgan fingerprint density at radius 1 is 1.00 bits per heavy atom. The summed E-state index contributed by atoms with van der Waals surface area (Å²) in [5.74, 6) is -0.918. The zero-order chi connectivity index (χ0) is 20.1. The van der Waals surface area contributed by atoms with Crippen molar-refractivity contribution in [1.29, 1.82) is 0 Å². The van der Waals surface area contributed by atoms with Gasteiger partial charge in [-0.2, -0.15) is 0 Å². The van der Waals surface area contributed by atoms with Gasteiger partial charge in [-0.15, -0.1) is 0 Å². The molecule has 144 valence electrons. The number of benzene rings is 2. The SMILES string of the molecule is CCOC(=O)c1ccc2ncc(C(=O)OCC)c(Nc3ccc(Br)cc3)c2c1. The predicted molar refractivity (Wildman–Crippen MR) is 111 cm³/mol. The van der Waals surface area contributed by atoms with Crippen molar-refractivity contribution in [3.05, 3.63) is 64.3 Å². The van der Waals surface area contributed by atoms with Crippen LogP contribution in [0, 0.1) is 0 Å².